The van der Waals surface area contributed by atoms with E-state index in [-0.39, 0.29) is 11.9 Å². The third-order valence-electron chi connectivity index (χ3n) is 6.92. The molecule has 0 atom stereocenters. The molecular formula is C36H68O4. The first kappa shape index (κ1) is 40.6. The fourth-order valence-corrected chi connectivity index (χ4v) is 4.42. The SMILES string of the molecule is CCCCCC/C=C\CCCCCCCCCCOC(C)=O.CCCCCC/C=C\CCCCCCOC(C)=O. The predicted octanol–water partition coefficient (Wildman–Crippen LogP) is 11.6. The van der Waals surface area contributed by atoms with Gasteiger partial charge in [0.25, 0.3) is 0 Å². The molecule has 0 unspecified atom stereocenters. The fourth-order valence-electron chi connectivity index (χ4n) is 4.42. The number of hydrogen-bond donors (Lipinski definition) is 0. The topological polar surface area (TPSA) is 52.6 Å². The number of allylic oxidation sites excluding steroid dienone is 4. The van der Waals surface area contributed by atoms with Crippen LogP contribution in [0.25, 0.3) is 0 Å². The van der Waals surface area contributed by atoms with Crippen molar-refractivity contribution in [2.24, 2.45) is 0 Å². The van der Waals surface area contributed by atoms with Crippen molar-refractivity contribution in [3.63, 3.8) is 0 Å². The van der Waals surface area contributed by atoms with Crippen LogP contribution in [0.2, 0.25) is 0 Å². The molecule has 0 aromatic rings. The number of hydrogen-bond acceptors (Lipinski definition) is 4. The minimum atomic E-state index is -0.166. The molecule has 0 N–H and O–H groups in total. The Morgan fingerprint density at radius 3 is 0.925 bits per heavy atom. The second-order valence-corrected chi connectivity index (χ2v) is 11.1. The molecule has 0 heterocycles. The highest BCUT2D eigenvalue weighted by molar-refractivity contribution is 5.66. The number of ether oxygens (including phenoxy) is 2. The van der Waals surface area contributed by atoms with Gasteiger partial charge in [0.1, 0.15) is 0 Å². The summed E-state index contributed by atoms with van der Waals surface area (Å²) < 4.78 is 9.80. The van der Waals surface area contributed by atoms with Crippen LogP contribution in [0.15, 0.2) is 24.3 Å². The zero-order chi connectivity index (χ0) is 29.8. The standard InChI is InChI=1S/C20H38O2.C16H30O2/c1-3-4-5-6-7-8-9-10-11-12-13-14-15-16-17-18-19-22-20(2)21;1-3-4-5-6-7-8-9-10-11-12-13-14-15-18-16(2)17/h8-9H,3-7,10-19H2,1-2H3;8-9H,3-7,10-15H2,1-2H3/b2*9-8-. The Hall–Kier alpha value is -1.58. The van der Waals surface area contributed by atoms with Crippen molar-refractivity contribution in [1.29, 1.82) is 0 Å². The van der Waals surface area contributed by atoms with Gasteiger partial charge in [0.2, 0.25) is 0 Å². The molecule has 0 rings (SSSR count). The average Bonchev–Trinajstić information content (AvgIpc) is 2.93. The summed E-state index contributed by atoms with van der Waals surface area (Å²) in [6.45, 7) is 8.63. The maximum absolute atomic E-state index is 10.6. The monoisotopic (exact) mass is 565 g/mol. The summed E-state index contributed by atoms with van der Waals surface area (Å²) in [6, 6.07) is 0. The van der Waals surface area contributed by atoms with Crippen LogP contribution in [0, 0.1) is 0 Å². The van der Waals surface area contributed by atoms with Gasteiger partial charge < -0.3 is 9.47 Å². The third kappa shape index (κ3) is 43.5. The number of rotatable bonds is 28. The summed E-state index contributed by atoms with van der Waals surface area (Å²) in [6.07, 6.45) is 40.1. The molecule has 0 amide bonds. The first-order valence-electron chi connectivity index (χ1n) is 17.1. The molecule has 0 aliphatic carbocycles. The van der Waals surface area contributed by atoms with Crippen LogP contribution in [0.3, 0.4) is 0 Å². The number of carbonyl (C=O) groups is 2. The Labute approximate surface area is 250 Å². The quantitative estimate of drug-likeness (QED) is 0.0538. The molecule has 40 heavy (non-hydrogen) atoms. The van der Waals surface area contributed by atoms with Crippen molar-refractivity contribution in [2.75, 3.05) is 13.2 Å². The van der Waals surface area contributed by atoms with E-state index in [1.165, 1.54) is 149 Å². The first-order chi connectivity index (χ1) is 19.5. The molecule has 0 fully saturated rings. The maximum Gasteiger partial charge on any atom is 0.302 e. The van der Waals surface area contributed by atoms with E-state index in [0.717, 1.165) is 19.3 Å². The minimum Gasteiger partial charge on any atom is -0.466 e. The maximum atomic E-state index is 10.6. The lowest BCUT2D eigenvalue weighted by atomic mass is 10.1. The highest BCUT2D eigenvalue weighted by atomic mass is 16.5. The molecule has 4 nitrogen and oxygen atoms in total. The van der Waals surface area contributed by atoms with Crippen LogP contribution in [0.5, 0.6) is 0 Å². The summed E-state index contributed by atoms with van der Waals surface area (Å²) in [5.74, 6) is -0.323. The molecule has 0 spiro atoms. The van der Waals surface area contributed by atoms with Gasteiger partial charge in [-0.2, -0.15) is 0 Å². The second kappa shape index (κ2) is 37.4. The van der Waals surface area contributed by atoms with E-state index >= 15 is 0 Å². The van der Waals surface area contributed by atoms with Gasteiger partial charge in [-0.05, 0) is 64.2 Å². The van der Waals surface area contributed by atoms with Crippen LogP contribution < -0.4 is 0 Å². The van der Waals surface area contributed by atoms with Crippen molar-refractivity contribution in [3.05, 3.63) is 24.3 Å². The lowest BCUT2D eigenvalue weighted by molar-refractivity contribution is -0.142. The van der Waals surface area contributed by atoms with E-state index in [0.29, 0.717) is 13.2 Å². The highest BCUT2D eigenvalue weighted by Crippen LogP contribution is 2.11. The van der Waals surface area contributed by atoms with Crippen LogP contribution >= 0.6 is 0 Å². The van der Waals surface area contributed by atoms with Crippen LogP contribution in [-0.4, -0.2) is 25.2 Å². The van der Waals surface area contributed by atoms with E-state index in [2.05, 4.69) is 38.2 Å². The van der Waals surface area contributed by atoms with Gasteiger partial charge in [0, 0.05) is 13.8 Å². The van der Waals surface area contributed by atoms with Gasteiger partial charge in [0.05, 0.1) is 13.2 Å². The van der Waals surface area contributed by atoms with Crippen LogP contribution in [0.1, 0.15) is 182 Å². The summed E-state index contributed by atoms with van der Waals surface area (Å²) in [4.78, 5) is 21.1. The normalized spacial score (nSPS) is 11.1. The van der Waals surface area contributed by atoms with Crippen molar-refractivity contribution >= 4 is 11.9 Å². The van der Waals surface area contributed by atoms with E-state index in [1.807, 2.05) is 0 Å². The van der Waals surface area contributed by atoms with E-state index in [1.54, 1.807) is 0 Å². The Morgan fingerprint density at radius 1 is 0.400 bits per heavy atom. The molecular weight excluding hydrogens is 496 g/mol. The number of carbonyl (C=O) groups excluding carboxylic acids is 2. The van der Waals surface area contributed by atoms with Gasteiger partial charge in [-0.1, -0.05) is 128 Å². The summed E-state index contributed by atoms with van der Waals surface area (Å²) in [5.41, 5.74) is 0. The van der Waals surface area contributed by atoms with Gasteiger partial charge in [-0.15, -0.1) is 0 Å². The van der Waals surface area contributed by atoms with E-state index in [9.17, 15) is 9.59 Å². The Kier molecular flexibility index (Phi) is 37.9. The summed E-state index contributed by atoms with van der Waals surface area (Å²) in [5, 5.41) is 0. The Bertz CT molecular complexity index is 567. The third-order valence-corrected chi connectivity index (χ3v) is 6.92. The largest absolute Gasteiger partial charge is 0.466 e. The zero-order valence-electron chi connectivity index (χ0n) is 27.3. The van der Waals surface area contributed by atoms with Crippen molar-refractivity contribution in [2.45, 2.75) is 182 Å². The molecule has 0 aromatic heterocycles. The van der Waals surface area contributed by atoms with Gasteiger partial charge in [0.15, 0.2) is 0 Å². The molecule has 4 heteroatoms. The fraction of sp³-hybridized carbons (Fsp3) is 0.833. The average molecular weight is 565 g/mol. The first-order valence-corrected chi connectivity index (χ1v) is 17.1. The van der Waals surface area contributed by atoms with Gasteiger partial charge >= 0.3 is 11.9 Å². The molecule has 0 aliphatic rings. The lowest BCUT2D eigenvalue weighted by Gasteiger charge is -2.02. The molecule has 0 saturated carbocycles. The van der Waals surface area contributed by atoms with Crippen LogP contribution in [0.4, 0.5) is 0 Å². The van der Waals surface area contributed by atoms with Crippen molar-refractivity contribution in [3.8, 4) is 0 Å². The highest BCUT2D eigenvalue weighted by Gasteiger charge is 1.95. The summed E-state index contributed by atoms with van der Waals surface area (Å²) >= 11 is 0. The second-order valence-electron chi connectivity index (χ2n) is 11.1. The molecule has 0 aliphatic heterocycles. The molecule has 0 saturated heterocycles. The van der Waals surface area contributed by atoms with Crippen LogP contribution in [-0.2, 0) is 19.1 Å². The Balaban J connectivity index is 0. The predicted molar refractivity (Wildman–Crippen MR) is 174 cm³/mol. The molecule has 0 radical (unpaired) electrons. The minimum absolute atomic E-state index is 0.157. The zero-order valence-corrected chi connectivity index (χ0v) is 27.3. The van der Waals surface area contributed by atoms with E-state index in [4.69, 9.17) is 9.47 Å². The van der Waals surface area contributed by atoms with Gasteiger partial charge in [-0.25, -0.2) is 0 Å². The van der Waals surface area contributed by atoms with Gasteiger partial charge in [-0.3, -0.25) is 9.59 Å². The Morgan fingerprint density at radius 2 is 0.650 bits per heavy atom. The van der Waals surface area contributed by atoms with E-state index < -0.39 is 0 Å². The lowest BCUT2D eigenvalue weighted by Crippen LogP contribution is -2.00. The summed E-state index contributed by atoms with van der Waals surface area (Å²) in [7, 11) is 0. The molecule has 0 bridgehead atoms. The smallest absolute Gasteiger partial charge is 0.302 e. The van der Waals surface area contributed by atoms with Crippen molar-refractivity contribution in [1.82, 2.24) is 0 Å². The molecule has 0 aromatic carbocycles. The number of unbranched alkanes of at least 4 members (excludes halogenated alkanes) is 20. The molecule has 236 valence electrons. The number of esters is 2. The van der Waals surface area contributed by atoms with Crippen molar-refractivity contribution < 1.29 is 19.1 Å².